The number of amides is 1. The molecule has 0 radical (unpaired) electrons. The largest absolute Gasteiger partial charge is 0.466 e. The van der Waals surface area contributed by atoms with E-state index in [0.29, 0.717) is 38.2 Å². The standard InChI is InChI=1S/C16H17BrN2O3S2/c1-2-22-16(21)10-3-5-19(6-4-10)15(20)12-9-24-14(18-12)13-7-11(17)8-23-13/h7-10H,2-6H2,1H3. The number of piperidine rings is 1. The fraction of sp³-hybridized carbons (Fsp3) is 0.438. The quantitative estimate of drug-likeness (QED) is 0.689. The minimum atomic E-state index is -0.149. The number of hydrogen-bond acceptors (Lipinski definition) is 6. The summed E-state index contributed by atoms with van der Waals surface area (Å²) in [5.74, 6) is -0.303. The molecule has 3 heterocycles. The Morgan fingerprint density at radius 1 is 1.33 bits per heavy atom. The normalized spacial score (nSPS) is 15.5. The second-order valence-corrected chi connectivity index (χ2v) is 8.17. The maximum absolute atomic E-state index is 12.6. The highest BCUT2D eigenvalue weighted by atomic mass is 79.9. The van der Waals surface area contributed by atoms with Crippen LogP contribution in [0.2, 0.25) is 0 Å². The van der Waals surface area contributed by atoms with Gasteiger partial charge in [0.25, 0.3) is 5.91 Å². The van der Waals surface area contributed by atoms with E-state index in [9.17, 15) is 9.59 Å². The minimum Gasteiger partial charge on any atom is -0.466 e. The summed E-state index contributed by atoms with van der Waals surface area (Å²) >= 11 is 6.50. The lowest BCUT2D eigenvalue weighted by atomic mass is 9.97. The lowest BCUT2D eigenvalue weighted by molar-refractivity contribution is -0.149. The smallest absolute Gasteiger partial charge is 0.309 e. The Hall–Kier alpha value is -1.25. The molecular weight excluding hydrogens is 412 g/mol. The highest BCUT2D eigenvalue weighted by molar-refractivity contribution is 9.10. The van der Waals surface area contributed by atoms with E-state index in [4.69, 9.17) is 4.74 Å². The molecule has 0 spiro atoms. The molecule has 1 fully saturated rings. The van der Waals surface area contributed by atoms with Crippen LogP contribution in [-0.4, -0.2) is 41.5 Å². The summed E-state index contributed by atoms with van der Waals surface area (Å²) in [5.41, 5.74) is 0.481. The number of nitrogens with zero attached hydrogens (tertiary/aromatic N) is 2. The molecule has 128 valence electrons. The maximum Gasteiger partial charge on any atom is 0.309 e. The molecule has 2 aromatic heterocycles. The third kappa shape index (κ3) is 3.87. The van der Waals surface area contributed by atoms with Gasteiger partial charge in [-0.1, -0.05) is 0 Å². The molecule has 0 bridgehead atoms. The molecule has 1 aliphatic rings. The number of rotatable bonds is 4. The monoisotopic (exact) mass is 428 g/mol. The Bertz CT molecular complexity index is 735. The molecule has 5 nitrogen and oxygen atoms in total. The number of hydrogen-bond donors (Lipinski definition) is 0. The summed E-state index contributed by atoms with van der Waals surface area (Å²) in [6, 6.07) is 2.00. The summed E-state index contributed by atoms with van der Waals surface area (Å²) in [6.45, 7) is 3.35. The summed E-state index contributed by atoms with van der Waals surface area (Å²) in [6.07, 6.45) is 1.30. The Labute approximate surface area is 156 Å². The first-order valence-corrected chi connectivity index (χ1v) is 10.3. The van der Waals surface area contributed by atoms with Crippen LogP contribution in [0.5, 0.6) is 0 Å². The Morgan fingerprint density at radius 3 is 2.71 bits per heavy atom. The highest BCUT2D eigenvalue weighted by Crippen LogP contribution is 2.32. The Morgan fingerprint density at radius 2 is 2.08 bits per heavy atom. The number of likely N-dealkylation sites (tertiary alicyclic amines) is 1. The number of esters is 1. The predicted octanol–water partition coefficient (Wildman–Crippen LogP) is 4.05. The zero-order valence-electron chi connectivity index (χ0n) is 13.2. The maximum atomic E-state index is 12.6. The van der Waals surface area contributed by atoms with Gasteiger partial charge in [0.15, 0.2) is 0 Å². The first kappa shape index (κ1) is 17.6. The lowest BCUT2D eigenvalue weighted by Gasteiger charge is -2.30. The second kappa shape index (κ2) is 7.76. The van der Waals surface area contributed by atoms with E-state index in [2.05, 4.69) is 20.9 Å². The van der Waals surface area contributed by atoms with Crippen LogP contribution in [-0.2, 0) is 9.53 Å². The highest BCUT2D eigenvalue weighted by Gasteiger charge is 2.29. The van der Waals surface area contributed by atoms with Gasteiger partial charge >= 0.3 is 5.97 Å². The molecule has 0 unspecified atom stereocenters. The van der Waals surface area contributed by atoms with Crippen molar-refractivity contribution in [3.63, 3.8) is 0 Å². The van der Waals surface area contributed by atoms with Gasteiger partial charge in [0.05, 0.1) is 17.4 Å². The SMILES string of the molecule is CCOC(=O)C1CCN(C(=O)c2csc(-c3cc(Br)cs3)n2)CC1. The zero-order valence-corrected chi connectivity index (χ0v) is 16.4. The molecule has 3 rings (SSSR count). The Kier molecular flexibility index (Phi) is 5.68. The van der Waals surface area contributed by atoms with Crippen LogP contribution in [0.1, 0.15) is 30.3 Å². The molecule has 2 aromatic rings. The third-order valence-electron chi connectivity index (χ3n) is 3.90. The van der Waals surface area contributed by atoms with Gasteiger partial charge in [-0.2, -0.15) is 0 Å². The van der Waals surface area contributed by atoms with Crippen molar-refractivity contribution >= 4 is 50.5 Å². The van der Waals surface area contributed by atoms with Gasteiger partial charge in [-0.3, -0.25) is 9.59 Å². The van der Waals surface area contributed by atoms with Crippen molar-refractivity contribution in [2.75, 3.05) is 19.7 Å². The molecule has 1 amide bonds. The van der Waals surface area contributed by atoms with Crippen LogP contribution in [0.25, 0.3) is 9.88 Å². The average Bonchev–Trinajstić information content (AvgIpc) is 3.23. The first-order valence-electron chi connectivity index (χ1n) is 7.74. The van der Waals surface area contributed by atoms with E-state index in [1.54, 1.807) is 16.2 Å². The molecule has 0 saturated carbocycles. The van der Waals surface area contributed by atoms with Crippen LogP contribution < -0.4 is 0 Å². The van der Waals surface area contributed by atoms with E-state index < -0.39 is 0 Å². The van der Waals surface area contributed by atoms with Crippen molar-refractivity contribution in [1.29, 1.82) is 0 Å². The molecule has 8 heteroatoms. The number of thiazole rings is 1. The predicted molar refractivity (Wildman–Crippen MR) is 98.4 cm³/mol. The minimum absolute atomic E-state index is 0.0598. The molecule has 0 aromatic carbocycles. The van der Waals surface area contributed by atoms with Gasteiger partial charge in [-0.25, -0.2) is 4.98 Å². The van der Waals surface area contributed by atoms with Crippen molar-refractivity contribution in [2.24, 2.45) is 5.92 Å². The van der Waals surface area contributed by atoms with Crippen molar-refractivity contribution in [3.05, 3.63) is 27.0 Å². The summed E-state index contributed by atoms with van der Waals surface area (Å²) in [5, 5.41) is 4.66. The van der Waals surface area contributed by atoms with Crippen LogP contribution >= 0.6 is 38.6 Å². The average molecular weight is 429 g/mol. The molecular formula is C16H17BrN2O3S2. The number of carbonyl (C=O) groups excluding carboxylic acids is 2. The van der Waals surface area contributed by atoms with Crippen molar-refractivity contribution in [3.8, 4) is 9.88 Å². The second-order valence-electron chi connectivity index (χ2n) is 5.49. The van der Waals surface area contributed by atoms with E-state index in [0.717, 1.165) is 14.4 Å². The van der Waals surface area contributed by atoms with Crippen molar-refractivity contribution < 1.29 is 14.3 Å². The van der Waals surface area contributed by atoms with Crippen LogP contribution in [0.15, 0.2) is 21.3 Å². The number of ether oxygens (including phenoxy) is 1. The van der Waals surface area contributed by atoms with E-state index in [-0.39, 0.29) is 17.8 Å². The van der Waals surface area contributed by atoms with Gasteiger partial charge in [0.2, 0.25) is 0 Å². The van der Waals surface area contributed by atoms with Gasteiger partial charge < -0.3 is 9.64 Å². The summed E-state index contributed by atoms with van der Waals surface area (Å²) < 4.78 is 6.08. The summed E-state index contributed by atoms with van der Waals surface area (Å²) in [4.78, 5) is 31.7. The number of halogens is 1. The molecule has 1 aliphatic heterocycles. The van der Waals surface area contributed by atoms with Gasteiger partial charge in [0, 0.05) is 28.3 Å². The van der Waals surface area contributed by atoms with E-state index in [1.807, 2.05) is 23.8 Å². The third-order valence-corrected chi connectivity index (χ3v) is 6.61. The molecule has 0 N–H and O–H groups in total. The van der Waals surface area contributed by atoms with Gasteiger partial charge in [0.1, 0.15) is 10.7 Å². The fourth-order valence-corrected chi connectivity index (χ4v) is 4.95. The van der Waals surface area contributed by atoms with E-state index in [1.165, 1.54) is 11.3 Å². The van der Waals surface area contributed by atoms with Crippen LogP contribution in [0.3, 0.4) is 0 Å². The number of thiophene rings is 1. The molecule has 1 saturated heterocycles. The molecule has 0 aliphatic carbocycles. The number of aromatic nitrogens is 1. The first-order chi connectivity index (χ1) is 11.6. The van der Waals surface area contributed by atoms with Crippen molar-refractivity contribution in [2.45, 2.75) is 19.8 Å². The molecule has 0 atom stereocenters. The summed E-state index contributed by atoms with van der Waals surface area (Å²) in [7, 11) is 0. The number of carbonyl (C=O) groups is 2. The van der Waals surface area contributed by atoms with Crippen LogP contribution in [0.4, 0.5) is 0 Å². The fourth-order valence-electron chi connectivity index (χ4n) is 2.65. The lowest BCUT2D eigenvalue weighted by Crippen LogP contribution is -2.40. The van der Waals surface area contributed by atoms with Crippen LogP contribution in [0, 0.1) is 5.92 Å². The zero-order chi connectivity index (χ0) is 17.1. The van der Waals surface area contributed by atoms with Crippen molar-refractivity contribution in [1.82, 2.24) is 9.88 Å². The Balaban J connectivity index is 1.62. The topological polar surface area (TPSA) is 59.5 Å². The van der Waals surface area contributed by atoms with E-state index >= 15 is 0 Å². The molecule has 24 heavy (non-hydrogen) atoms. The van der Waals surface area contributed by atoms with Gasteiger partial charge in [-0.15, -0.1) is 22.7 Å². The van der Waals surface area contributed by atoms with Gasteiger partial charge in [-0.05, 0) is 41.8 Å².